The largest absolute Gasteiger partial charge is 0.402 e. The van der Waals surface area contributed by atoms with Crippen LogP contribution in [-0.4, -0.2) is 5.78 Å². The van der Waals surface area contributed by atoms with Crippen LogP contribution in [0.3, 0.4) is 0 Å². The highest BCUT2D eigenvalue weighted by molar-refractivity contribution is 5.78. The summed E-state index contributed by atoms with van der Waals surface area (Å²) in [6, 6.07) is 0. The highest BCUT2D eigenvalue weighted by Gasteiger charge is 2.06. The van der Waals surface area contributed by atoms with Gasteiger partial charge in [-0.25, -0.2) is 0 Å². The Bertz CT molecular complexity index is 129. The van der Waals surface area contributed by atoms with E-state index in [-0.39, 0.29) is 11.7 Å². The van der Waals surface area contributed by atoms with E-state index in [2.05, 4.69) is 6.58 Å². The molecule has 0 bridgehead atoms. The van der Waals surface area contributed by atoms with Crippen molar-refractivity contribution in [1.29, 1.82) is 0 Å². The number of hydrogen-bond acceptors (Lipinski definition) is 2. The molecule has 2 nitrogen and oxygen atoms in total. The maximum atomic E-state index is 10.6. The van der Waals surface area contributed by atoms with Gasteiger partial charge in [-0.2, -0.15) is 0 Å². The molecule has 0 unspecified atom stereocenters. The van der Waals surface area contributed by atoms with Gasteiger partial charge in [0.2, 0.25) is 0 Å². The zero-order valence-electron chi connectivity index (χ0n) is 5.98. The van der Waals surface area contributed by atoms with Gasteiger partial charge in [-0.1, -0.05) is 13.5 Å². The first-order valence-corrected chi connectivity index (χ1v) is 2.97. The topological polar surface area (TPSA) is 43.1 Å². The Labute approximate surface area is 55.7 Å². The minimum atomic E-state index is 0.0301. The van der Waals surface area contributed by atoms with Gasteiger partial charge in [-0.15, -0.1) is 0 Å². The number of hydrogen-bond donors (Lipinski definition) is 1. The summed E-state index contributed by atoms with van der Waals surface area (Å²) in [4.78, 5) is 10.6. The molecule has 0 saturated heterocycles. The van der Waals surface area contributed by atoms with Crippen molar-refractivity contribution in [1.82, 2.24) is 0 Å². The van der Waals surface area contributed by atoms with E-state index < -0.39 is 0 Å². The van der Waals surface area contributed by atoms with Crippen molar-refractivity contribution in [2.24, 2.45) is 11.7 Å². The average molecular weight is 127 g/mol. The summed E-state index contributed by atoms with van der Waals surface area (Å²) in [5.74, 6) is 0.198. The number of nitrogens with two attached hydrogens (primary N) is 1. The summed E-state index contributed by atoms with van der Waals surface area (Å²) in [6.45, 7) is 6.91. The second kappa shape index (κ2) is 3.28. The number of carbonyl (C=O) groups excluding carboxylic acids is 1. The van der Waals surface area contributed by atoms with Crippen LogP contribution in [0.15, 0.2) is 12.3 Å². The van der Waals surface area contributed by atoms with Crippen LogP contribution in [0.25, 0.3) is 0 Å². The lowest BCUT2D eigenvalue weighted by Crippen LogP contribution is -2.09. The van der Waals surface area contributed by atoms with Crippen LogP contribution in [0.5, 0.6) is 0 Å². The van der Waals surface area contributed by atoms with Gasteiger partial charge in [0.05, 0.1) is 0 Å². The van der Waals surface area contributed by atoms with E-state index in [1.165, 1.54) is 0 Å². The van der Waals surface area contributed by atoms with E-state index in [0.29, 0.717) is 12.1 Å². The van der Waals surface area contributed by atoms with Crippen molar-refractivity contribution in [2.75, 3.05) is 0 Å². The van der Waals surface area contributed by atoms with Gasteiger partial charge in [0, 0.05) is 11.6 Å². The molecular formula is C7H13NO. The van der Waals surface area contributed by atoms with Crippen LogP contribution in [0.4, 0.5) is 0 Å². The number of rotatable bonds is 3. The zero-order chi connectivity index (χ0) is 7.44. The molecule has 0 fully saturated rings. The average Bonchev–Trinajstić information content (AvgIpc) is 1.63. The van der Waals surface area contributed by atoms with Crippen molar-refractivity contribution < 1.29 is 4.79 Å². The molecule has 0 aromatic heterocycles. The second-order valence-electron chi connectivity index (χ2n) is 2.37. The molecule has 0 aromatic rings. The summed E-state index contributed by atoms with van der Waals surface area (Å²) in [5, 5.41) is 0. The fourth-order valence-corrected chi connectivity index (χ4v) is 0.537. The van der Waals surface area contributed by atoms with E-state index in [9.17, 15) is 4.79 Å². The van der Waals surface area contributed by atoms with Crippen LogP contribution in [0.1, 0.15) is 20.3 Å². The maximum absolute atomic E-state index is 10.6. The van der Waals surface area contributed by atoms with Crippen molar-refractivity contribution >= 4 is 5.78 Å². The van der Waals surface area contributed by atoms with E-state index >= 15 is 0 Å². The van der Waals surface area contributed by atoms with Crippen LogP contribution in [0, 0.1) is 5.92 Å². The summed E-state index contributed by atoms with van der Waals surface area (Å²) in [5.41, 5.74) is 5.87. The molecule has 0 heterocycles. The summed E-state index contributed by atoms with van der Waals surface area (Å²) >= 11 is 0. The van der Waals surface area contributed by atoms with Gasteiger partial charge in [0.1, 0.15) is 5.78 Å². The molecule has 0 rings (SSSR count). The standard InChI is InChI=1S/C7H13NO/c1-5(7(3)9)4-6(2)8/h5H,2,4,8H2,1,3H3/t5-/m0/s1. The predicted molar refractivity (Wildman–Crippen MR) is 37.8 cm³/mol. The second-order valence-corrected chi connectivity index (χ2v) is 2.37. The van der Waals surface area contributed by atoms with Crippen LogP contribution < -0.4 is 5.73 Å². The zero-order valence-corrected chi connectivity index (χ0v) is 5.98. The SMILES string of the molecule is C=C(N)C[C@H](C)C(C)=O. The van der Waals surface area contributed by atoms with E-state index in [4.69, 9.17) is 5.73 Å². The van der Waals surface area contributed by atoms with E-state index in [0.717, 1.165) is 0 Å². The summed E-state index contributed by atoms with van der Waals surface area (Å²) < 4.78 is 0. The fraction of sp³-hybridized carbons (Fsp3) is 0.571. The third-order valence-electron chi connectivity index (χ3n) is 1.26. The third kappa shape index (κ3) is 3.76. The number of carbonyl (C=O) groups is 1. The van der Waals surface area contributed by atoms with Crippen LogP contribution in [0.2, 0.25) is 0 Å². The predicted octanol–water partition coefficient (Wildman–Crippen LogP) is 1.07. The molecule has 9 heavy (non-hydrogen) atoms. The van der Waals surface area contributed by atoms with Gasteiger partial charge in [-0.05, 0) is 13.3 Å². The lowest BCUT2D eigenvalue weighted by Gasteiger charge is -2.04. The molecule has 2 heteroatoms. The Morgan fingerprint density at radius 3 is 2.33 bits per heavy atom. The van der Waals surface area contributed by atoms with Crippen molar-refractivity contribution in [2.45, 2.75) is 20.3 Å². The first kappa shape index (κ1) is 8.21. The molecule has 0 aliphatic carbocycles. The number of ketones is 1. The molecule has 0 aromatic carbocycles. The Kier molecular flexibility index (Phi) is 2.99. The monoisotopic (exact) mass is 127 g/mol. The van der Waals surface area contributed by atoms with E-state index in [1.54, 1.807) is 6.92 Å². The first-order valence-electron chi connectivity index (χ1n) is 2.97. The van der Waals surface area contributed by atoms with Crippen molar-refractivity contribution in [3.05, 3.63) is 12.3 Å². The molecule has 52 valence electrons. The molecule has 0 saturated carbocycles. The molecule has 0 amide bonds. The molecule has 0 aliphatic heterocycles. The van der Waals surface area contributed by atoms with E-state index in [1.807, 2.05) is 6.92 Å². The lowest BCUT2D eigenvalue weighted by molar-refractivity contribution is -0.120. The molecular weight excluding hydrogens is 114 g/mol. The quantitative estimate of drug-likeness (QED) is 0.616. The maximum Gasteiger partial charge on any atom is 0.133 e. The minimum absolute atomic E-state index is 0.0301. The molecule has 2 N–H and O–H groups in total. The number of allylic oxidation sites excluding steroid dienone is 1. The Morgan fingerprint density at radius 1 is 1.78 bits per heavy atom. The van der Waals surface area contributed by atoms with Crippen LogP contribution >= 0.6 is 0 Å². The van der Waals surface area contributed by atoms with Gasteiger partial charge >= 0.3 is 0 Å². The smallest absolute Gasteiger partial charge is 0.133 e. The highest BCUT2D eigenvalue weighted by atomic mass is 16.1. The molecule has 0 radical (unpaired) electrons. The molecule has 0 aliphatic rings. The highest BCUT2D eigenvalue weighted by Crippen LogP contribution is 2.05. The normalized spacial score (nSPS) is 12.7. The number of Topliss-reactive ketones (excluding diaryl/α,β-unsaturated/α-hetero) is 1. The fourth-order valence-electron chi connectivity index (χ4n) is 0.537. The van der Waals surface area contributed by atoms with Crippen molar-refractivity contribution in [3.63, 3.8) is 0 Å². The molecule has 1 atom stereocenters. The van der Waals surface area contributed by atoms with Crippen molar-refractivity contribution in [3.8, 4) is 0 Å². The Balaban J connectivity index is 3.63. The Hall–Kier alpha value is -0.790. The van der Waals surface area contributed by atoms with Gasteiger partial charge in [0.15, 0.2) is 0 Å². The first-order chi connectivity index (χ1) is 4.04. The van der Waals surface area contributed by atoms with Gasteiger partial charge < -0.3 is 5.73 Å². The van der Waals surface area contributed by atoms with Gasteiger partial charge in [-0.3, -0.25) is 4.79 Å². The Morgan fingerprint density at radius 2 is 2.22 bits per heavy atom. The third-order valence-corrected chi connectivity index (χ3v) is 1.26. The minimum Gasteiger partial charge on any atom is -0.402 e. The molecule has 0 spiro atoms. The van der Waals surface area contributed by atoms with Gasteiger partial charge in [0.25, 0.3) is 0 Å². The lowest BCUT2D eigenvalue weighted by atomic mass is 10.0. The summed E-state index contributed by atoms with van der Waals surface area (Å²) in [7, 11) is 0. The summed E-state index contributed by atoms with van der Waals surface area (Å²) in [6.07, 6.45) is 0.606. The van der Waals surface area contributed by atoms with Crippen LogP contribution in [-0.2, 0) is 4.79 Å².